The number of carbonyl (C=O) groups excluding carboxylic acids is 3. The van der Waals surface area contributed by atoms with E-state index in [0.29, 0.717) is 24.5 Å². The molecule has 7 nitrogen and oxygen atoms in total. The molecule has 35 heavy (non-hydrogen) atoms. The van der Waals surface area contributed by atoms with Gasteiger partial charge in [-0.05, 0) is 80.1 Å². The summed E-state index contributed by atoms with van der Waals surface area (Å²) in [4.78, 5) is 45.7. The molecular formula is C28H29N3O4. The minimum Gasteiger partial charge on any atom is -0.494 e. The van der Waals surface area contributed by atoms with E-state index in [-0.39, 0.29) is 12.8 Å². The summed E-state index contributed by atoms with van der Waals surface area (Å²) in [6.07, 6.45) is 3.28. The third-order valence-corrected chi connectivity index (χ3v) is 6.35. The van der Waals surface area contributed by atoms with Gasteiger partial charge in [-0.1, -0.05) is 37.3 Å². The number of hydrogen-bond donors (Lipinski definition) is 1. The molecule has 1 saturated heterocycles. The number of aryl methyl sites for hydroxylation is 2. The van der Waals surface area contributed by atoms with Crippen molar-refractivity contribution in [1.82, 2.24) is 10.3 Å². The number of anilines is 1. The number of barbiturate groups is 1. The number of hydrogen-bond acceptors (Lipinski definition) is 5. The van der Waals surface area contributed by atoms with Gasteiger partial charge in [0.05, 0.1) is 12.3 Å². The molecule has 1 unspecified atom stereocenters. The zero-order valence-corrected chi connectivity index (χ0v) is 20.0. The van der Waals surface area contributed by atoms with Gasteiger partial charge < -0.3 is 4.74 Å². The minimum absolute atomic E-state index is 0.147. The van der Waals surface area contributed by atoms with Crippen LogP contribution < -0.4 is 15.0 Å². The van der Waals surface area contributed by atoms with Gasteiger partial charge in [0.2, 0.25) is 5.91 Å². The number of aromatic nitrogens is 1. The van der Waals surface area contributed by atoms with Crippen LogP contribution in [0.25, 0.3) is 0 Å². The molecule has 1 aliphatic heterocycles. The van der Waals surface area contributed by atoms with Gasteiger partial charge in [-0.3, -0.25) is 19.9 Å². The van der Waals surface area contributed by atoms with E-state index in [2.05, 4.69) is 10.3 Å². The van der Waals surface area contributed by atoms with Crippen LogP contribution in [0.5, 0.6) is 5.75 Å². The summed E-state index contributed by atoms with van der Waals surface area (Å²) >= 11 is 0. The molecule has 0 radical (unpaired) electrons. The van der Waals surface area contributed by atoms with Gasteiger partial charge in [0.25, 0.3) is 5.91 Å². The lowest BCUT2D eigenvalue weighted by atomic mass is 9.74. The van der Waals surface area contributed by atoms with Crippen LogP contribution >= 0.6 is 0 Å². The molecule has 2 heterocycles. The molecule has 1 N–H and O–H groups in total. The minimum atomic E-state index is -1.47. The van der Waals surface area contributed by atoms with Crippen molar-refractivity contribution in [3.05, 3.63) is 89.7 Å². The van der Waals surface area contributed by atoms with Crippen LogP contribution in [-0.2, 0) is 28.9 Å². The maximum atomic E-state index is 14.0. The maximum Gasteiger partial charge on any atom is 0.335 e. The summed E-state index contributed by atoms with van der Waals surface area (Å²) in [5.74, 6) is -0.398. The number of benzene rings is 2. The van der Waals surface area contributed by atoms with Gasteiger partial charge in [0.1, 0.15) is 11.2 Å². The number of amides is 4. The highest BCUT2D eigenvalue weighted by Gasteiger charge is 2.54. The van der Waals surface area contributed by atoms with Crippen LogP contribution in [0, 0.1) is 5.41 Å². The van der Waals surface area contributed by atoms with Crippen LogP contribution in [0.4, 0.5) is 10.5 Å². The largest absolute Gasteiger partial charge is 0.494 e. The van der Waals surface area contributed by atoms with Crippen molar-refractivity contribution in [1.29, 1.82) is 0 Å². The lowest BCUT2D eigenvalue weighted by molar-refractivity contribution is -0.143. The van der Waals surface area contributed by atoms with E-state index in [0.717, 1.165) is 28.1 Å². The third kappa shape index (κ3) is 5.09. The molecule has 0 spiro atoms. The number of nitrogens with zero attached hydrogens (tertiary/aromatic N) is 2. The standard InChI is InChI=1S/C28H29N3O4/c1-3-20-8-12-23(13-9-20)31-26(33)28(25(32)30-27(31)34,17-16-22-7-5-6-18-29-22)19-21-10-14-24(15-11-21)35-4-2/h5-15,18H,3-4,16-17,19H2,1-2H3,(H,30,32,34). The summed E-state index contributed by atoms with van der Waals surface area (Å²) in [5.41, 5.74) is 1.63. The summed E-state index contributed by atoms with van der Waals surface area (Å²) in [7, 11) is 0. The third-order valence-electron chi connectivity index (χ3n) is 6.35. The average molecular weight is 472 g/mol. The van der Waals surface area contributed by atoms with Crippen molar-refractivity contribution in [2.45, 2.75) is 39.5 Å². The highest BCUT2D eigenvalue weighted by Crippen LogP contribution is 2.37. The highest BCUT2D eigenvalue weighted by molar-refractivity contribution is 6.30. The molecule has 4 rings (SSSR count). The van der Waals surface area contributed by atoms with E-state index in [1.807, 2.05) is 68.4 Å². The van der Waals surface area contributed by atoms with Gasteiger partial charge in [0, 0.05) is 11.9 Å². The van der Waals surface area contributed by atoms with Crippen molar-refractivity contribution in [2.24, 2.45) is 5.41 Å². The van der Waals surface area contributed by atoms with Crippen molar-refractivity contribution < 1.29 is 19.1 Å². The smallest absolute Gasteiger partial charge is 0.335 e. The number of ether oxygens (including phenoxy) is 1. The van der Waals surface area contributed by atoms with Crippen LogP contribution in [0.1, 0.15) is 37.1 Å². The molecule has 1 aromatic heterocycles. The van der Waals surface area contributed by atoms with Crippen molar-refractivity contribution >= 4 is 23.5 Å². The second kappa shape index (κ2) is 10.5. The fourth-order valence-electron chi connectivity index (χ4n) is 4.36. The molecule has 1 aliphatic rings. The zero-order chi connectivity index (χ0) is 24.8. The fraction of sp³-hybridized carbons (Fsp3) is 0.286. The Bertz CT molecular complexity index is 1190. The Morgan fingerprint density at radius 3 is 2.26 bits per heavy atom. The van der Waals surface area contributed by atoms with Crippen LogP contribution in [0.2, 0.25) is 0 Å². The monoisotopic (exact) mass is 471 g/mol. The second-order valence-electron chi connectivity index (χ2n) is 8.58. The van der Waals surface area contributed by atoms with Gasteiger partial charge in [0.15, 0.2) is 0 Å². The first-order chi connectivity index (χ1) is 17.0. The molecule has 1 fully saturated rings. The first-order valence-electron chi connectivity index (χ1n) is 11.9. The zero-order valence-electron chi connectivity index (χ0n) is 20.0. The number of carbonyl (C=O) groups is 3. The molecule has 2 aromatic carbocycles. The molecule has 0 bridgehead atoms. The molecule has 0 saturated carbocycles. The lowest BCUT2D eigenvalue weighted by Crippen LogP contribution is -2.65. The van der Waals surface area contributed by atoms with Crippen LogP contribution in [0.15, 0.2) is 72.9 Å². The number of pyridine rings is 1. The van der Waals surface area contributed by atoms with Crippen LogP contribution in [-0.4, -0.2) is 29.4 Å². The van der Waals surface area contributed by atoms with Crippen LogP contribution in [0.3, 0.4) is 0 Å². The Labute approximate surface area is 205 Å². The van der Waals surface area contributed by atoms with E-state index in [4.69, 9.17) is 4.74 Å². The van der Waals surface area contributed by atoms with Gasteiger partial charge >= 0.3 is 6.03 Å². The summed E-state index contributed by atoms with van der Waals surface area (Å²) in [6.45, 7) is 4.48. The topological polar surface area (TPSA) is 88.6 Å². The molecule has 1 atom stereocenters. The number of nitrogens with one attached hydrogen (secondary N) is 1. The van der Waals surface area contributed by atoms with E-state index >= 15 is 0 Å². The molecule has 7 heteroatoms. The van der Waals surface area contributed by atoms with Gasteiger partial charge in [-0.15, -0.1) is 0 Å². The van der Waals surface area contributed by atoms with Gasteiger partial charge in [-0.25, -0.2) is 9.69 Å². The SMILES string of the molecule is CCOc1ccc(CC2(CCc3ccccn3)C(=O)NC(=O)N(c3ccc(CC)cc3)C2=O)cc1. The van der Waals surface area contributed by atoms with E-state index in [1.165, 1.54) is 0 Å². The predicted octanol–water partition coefficient (Wildman–Crippen LogP) is 4.49. The summed E-state index contributed by atoms with van der Waals surface area (Å²) < 4.78 is 5.52. The number of rotatable bonds is 9. The molecule has 4 amide bonds. The second-order valence-corrected chi connectivity index (χ2v) is 8.58. The Balaban J connectivity index is 1.71. The summed E-state index contributed by atoms with van der Waals surface area (Å²) in [6, 6.07) is 19.4. The van der Waals surface area contributed by atoms with E-state index in [9.17, 15) is 14.4 Å². The van der Waals surface area contributed by atoms with Gasteiger partial charge in [-0.2, -0.15) is 0 Å². The highest BCUT2D eigenvalue weighted by atomic mass is 16.5. The maximum absolute atomic E-state index is 14.0. The molecule has 3 aromatic rings. The average Bonchev–Trinajstić information content (AvgIpc) is 2.88. The Kier molecular flexibility index (Phi) is 7.25. The first kappa shape index (κ1) is 24.1. The number of urea groups is 1. The molecule has 180 valence electrons. The lowest BCUT2D eigenvalue weighted by Gasteiger charge is -2.39. The fourth-order valence-corrected chi connectivity index (χ4v) is 4.36. The molecule has 0 aliphatic carbocycles. The Hall–Kier alpha value is -4.00. The normalized spacial score (nSPS) is 17.9. The van der Waals surface area contributed by atoms with Crippen molar-refractivity contribution in [3.63, 3.8) is 0 Å². The van der Waals surface area contributed by atoms with Crippen molar-refractivity contribution in [2.75, 3.05) is 11.5 Å². The Morgan fingerprint density at radius 1 is 0.914 bits per heavy atom. The first-order valence-corrected chi connectivity index (χ1v) is 11.9. The Morgan fingerprint density at radius 2 is 1.63 bits per heavy atom. The quantitative estimate of drug-likeness (QED) is 0.465. The summed E-state index contributed by atoms with van der Waals surface area (Å²) in [5, 5.41) is 2.45. The van der Waals surface area contributed by atoms with Crippen molar-refractivity contribution in [3.8, 4) is 5.75 Å². The van der Waals surface area contributed by atoms with E-state index in [1.54, 1.807) is 18.3 Å². The predicted molar refractivity (Wildman–Crippen MR) is 133 cm³/mol. The number of imide groups is 2. The molecular weight excluding hydrogens is 442 g/mol. The van der Waals surface area contributed by atoms with E-state index < -0.39 is 23.3 Å².